The van der Waals surface area contributed by atoms with Crippen molar-refractivity contribution in [3.63, 3.8) is 0 Å². The van der Waals surface area contributed by atoms with E-state index in [9.17, 15) is 8.42 Å². The molecule has 8 heteroatoms. The fourth-order valence-corrected chi connectivity index (χ4v) is 5.13. The first-order valence-corrected chi connectivity index (χ1v) is 9.82. The second kappa shape index (κ2) is 7.45. The van der Waals surface area contributed by atoms with Gasteiger partial charge in [0.2, 0.25) is 0 Å². The molecule has 2 aliphatic heterocycles. The molecule has 1 atom stereocenters. The molecule has 134 valence electrons. The summed E-state index contributed by atoms with van der Waals surface area (Å²) in [7, 11) is 0.581. The van der Waals surface area contributed by atoms with E-state index in [1.54, 1.807) is 4.31 Å². The van der Waals surface area contributed by atoms with Crippen molar-refractivity contribution in [3.8, 4) is 0 Å². The van der Waals surface area contributed by atoms with Gasteiger partial charge < -0.3 is 9.64 Å². The summed E-state index contributed by atoms with van der Waals surface area (Å²) < 4.78 is 34.3. The lowest BCUT2D eigenvalue weighted by Crippen LogP contribution is -2.48. The van der Waals surface area contributed by atoms with Crippen molar-refractivity contribution < 1.29 is 13.2 Å². The quantitative estimate of drug-likeness (QED) is 0.785. The van der Waals surface area contributed by atoms with Gasteiger partial charge in [-0.05, 0) is 38.6 Å². The molecule has 7 nitrogen and oxygen atoms in total. The molecule has 0 spiro atoms. The highest BCUT2D eigenvalue weighted by atomic mass is 32.2. The monoisotopic (exact) mass is 354 g/mol. The summed E-state index contributed by atoms with van der Waals surface area (Å²) in [4.78, 5) is 6.63. The fraction of sp³-hybridized carbons (Fsp3) is 0.688. The summed E-state index contributed by atoms with van der Waals surface area (Å²) in [6, 6.07) is 3.85. The Morgan fingerprint density at radius 3 is 2.62 bits per heavy atom. The fourth-order valence-electron chi connectivity index (χ4n) is 3.33. The van der Waals surface area contributed by atoms with Gasteiger partial charge in [-0.25, -0.2) is 0 Å². The lowest BCUT2D eigenvalue weighted by molar-refractivity contribution is 0.0698. The van der Waals surface area contributed by atoms with Crippen LogP contribution in [-0.4, -0.2) is 73.9 Å². The standard InChI is InChI=1S/C16H26N4O3S/c1-18(2)13-14-5-6-15(17-12-14)16-4-3-7-20(16)24(21,22)19-8-10-23-11-9-19/h5-6,12,16H,3-4,7-11,13H2,1-2H3/t16-/m1/s1. The van der Waals surface area contributed by atoms with Crippen LogP contribution in [0.2, 0.25) is 0 Å². The zero-order valence-corrected chi connectivity index (χ0v) is 15.2. The molecule has 2 fully saturated rings. The maximum absolute atomic E-state index is 12.9. The third-order valence-electron chi connectivity index (χ3n) is 4.48. The van der Waals surface area contributed by atoms with E-state index in [4.69, 9.17) is 4.74 Å². The Kier molecular flexibility index (Phi) is 5.51. The summed E-state index contributed by atoms with van der Waals surface area (Å²) in [5.41, 5.74) is 1.97. The number of aromatic nitrogens is 1. The molecule has 0 aliphatic carbocycles. The Morgan fingerprint density at radius 1 is 1.25 bits per heavy atom. The van der Waals surface area contributed by atoms with Gasteiger partial charge in [0.05, 0.1) is 24.9 Å². The minimum Gasteiger partial charge on any atom is -0.379 e. The summed E-state index contributed by atoms with van der Waals surface area (Å²) in [5.74, 6) is 0. The largest absolute Gasteiger partial charge is 0.379 e. The summed E-state index contributed by atoms with van der Waals surface area (Å²) in [6.45, 7) is 3.19. The average molecular weight is 354 g/mol. The van der Waals surface area contributed by atoms with Gasteiger partial charge in [0.15, 0.2) is 0 Å². The predicted octanol–water partition coefficient (Wildman–Crippen LogP) is 0.857. The molecule has 3 heterocycles. The van der Waals surface area contributed by atoms with Crippen molar-refractivity contribution in [1.29, 1.82) is 0 Å². The van der Waals surface area contributed by atoms with Crippen LogP contribution in [0.25, 0.3) is 0 Å². The average Bonchev–Trinajstić information content (AvgIpc) is 3.06. The van der Waals surface area contributed by atoms with E-state index in [2.05, 4.69) is 9.88 Å². The second-order valence-corrected chi connectivity index (χ2v) is 8.50. The molecule has 0 N–H and O–H groups in total. The van der Waals surface area contributed by atoms with Crippen molar-refractivity contribution in [2.75, 3.05) is 46.9 Å². The molecule has 0 radical (unpaired) electrons. The first-order chi connectivity index (χ1) is 11.5. The lowest BCUT2D eigenvalue weighted by Gasteiger charge is -2.32. The number of hydrogen-bond acceptors (Lipinski definition) is 5. The Labute approximate surface area is 144 Å². The first-order valence-electron chi connectivity index (χ1n) is 8.43. The zero-order valence-electron chi connectivity index (χ0n) is 14.4. The van der Waals surface area contributed by atoms with Crippen molar-refractivity contribution in [2.24, 2.45) is 0 Å². The van der Waals surface area contributed by atoms with Gasteiger partial charge in [-0.2, -0.15) is 17.0 Å². The summed E-state index contributed by atoms with van der Waals surface area (Å²) in [5, 5.41) is 0. The maximum Gasteiger partial charge on any atom is 0.282 e. The minimum absolute atomic E-state index is 0.161. The van der Waals surface area contributed by atoms with E-state index in [0.717, 1.165) is 30.6 Å². The Morgan fingerprint density at radius 2 is 2.00 bits per heavy atom. The number of pyridine rings is 1. The van der Waals surface area contributed by atoms with E-state index in [-0.39, 0.29) is 6.04 Å². The van der Waals surface area contributed by atoms with Crippen LogP contribution in [0.3, 0.4) is 0 Å². The van der Waals surface area contributed by atoms with Crippen LogP contribution in [0.4, 0.5) is 0 Å². The molecule has 1 aromatic heterocycles. The molecular formula is C16H26N4O3S. The van der Waals surface area contributed by atoms with Gasteiger partial charge in [0.25, 0.3) is 10.2 Å². The van der Waals surface area contributed by atoms with Crippen LogP contribution in [0.5, 0.6) is 0 Å². The van der Waals surface area contributed by atoms with E-state index in [1.807, 2.05) is 32.4 Å². The molecule has 2 aliphatic rings. The van der Waals surface area contributed by atoms with E-state index >= 15 is 0 Å². The van der Waals surface area contributed by atoms with Crippen molar-refractivity contribution in [3.05, 3.63) is 29.6 Å². The van der Waals surface area contributed by atoms with E-state index in [1.165, 1.54) is 4.31 Å². The summed E-state index contributed by atoms with van der Waals surface area (Å²) >= 11 is 0. The molecular weight excluding hydrogens is 328 g/mol. The molecule has 0 unspecified atom stereocenters. The molecule has 24 heavy (non-hydrogen) atoms. The highest BCUT2D eigenvalue weighted by Crippen LogP contribution is 2.34. The van der Waals surface area contributed by atoms with Gasteiger partial charge >= 0.3 is 0 Å². The Hall–Kier alpha value is -1.06. The molecule has 1 aromatic rings. The molecule has 0 saturated carbocycles. The molecule has 0 amide bonds. The first kappa shape index (κ1) is 17.8. The van der Waals surface area contributed by atoms with Crippen LogP contribution in [0.1, 0.15) is 30.1 Å². The van der Waals surface area contributed by atoms with Crippen molar-refractivity contribution in [2.45, 2.75) is 25.4 Å². The SMILES string of the molecule is CN(C)Cc1ccc([C@H]2CCCN2S(=O)(=O)N2CCOCC2)nc1. The van der Waals surface area contributed by atoms with Gasteiger partial charge in [0.1, 0.15) is 0 Å². The number of hydrogen-bond donors (Lipinski definition) is 0. The van der Waals surface area contributed by atoms with E-state index in [0.29, 0.717) is 32.8 Å². The van der Waals surface area contributed by atoms with E-state index < -0.39 is 10.2 Å². The highest BCUT2D eigenvalue weighted by Gasteiger charge is 2.39. The molecule has 0 bridgehead atoms. The van der Waals surface area contributed by atoms with Crippen LogP contribution in [0, 0.1) is 0 Å². The van der Waals surface area contributed by atoms with Gasteiger partial charge in [-0.3, -0.25) is 4.98 Å². The number of nitrogens with zero attached hydrogens (tertiary/aromatic N) is 4. The number of morpholine rings is 1. The van der Waals surface area contributed by atoms with Gasteiger partial charge in [-0.1, -0.05) is 6.07 Å². The smallest absolute Gasteiger partial charge is 0.282 e. The minimum atomic E-state index is -3.45. The second-order valence-electron chi connectivity index (χ2n) is 6.62. The number of rotatable bonds is 5. The Balaban J connectivity index is 1.77. The van der Waals surface area contributed by atoms with Crippen LogP contribution in [-0.2, 0) is 21.5 Å². The zero-order chi connectivity index (χ0) is 17.2. The predicted molar refractivity (Wildman–Crippen MR) is 91.6 cm³/mol. The Bertz CT molecular complexity index is 642. The molecule has 3 rings (SSSR count). The van der Waals surface area contributed by atoms with Crippen molar-refractivity contribution in [1.82, 2.24) is 18.5 Å². The van der Waals surface area contributed by atoms with Gasteiger partial charge in [-0.15, -0.1) is 0 Å². The van der Waals surface area contributed by atoms with Crippen LogP contribution in [0.15, 0.2) is 18.3 Å². The summed E-state index contributed by atoms with van der Waals surface area (Å²) in [6.07, 6.45) is 3.55. The highest BCUT2D eigenvalue weighted by molar-refractivity contribution is 7.86. The topological polar surface area (TPSA) is 66.0 Å². The third kappa shape index (κ3) is 3.78. The van der Waals surface area contributed by atoms with Crippen molar-refractivity contribution >= 4 is 10.2 Å². The van der Waals surface area contributed by atoms with Crippen LogP contribution < -0.4 is 0 Å². The maximum atomic E-state index is 12.9. The molecule has 2 saturated heterocycles. The lowest BCUT2D eigenvalue weighted by atomic mass is 10.1. The third-order valence-corrected chi connectivity index (χ3v) is 6.53. The van der Waals surface area contributed by atoms with Gasteiger partial charge in [0, 0.05) is 32.4 Å². The number of ether oxygens (including phenoxy) is 1. The molecule has 0 aromatic carbocycles. The van der Waals surface area contributed by atoms with Crippen LogP contribution >= 0.6 is 0 Å². The normalized spacial score (nSPS) is 23.9.